The number of hydrogen-bond acceptors (Lipinski definition) is 2. The maximum Gasteiger partial charge on any atom is 0.307 e. The first-order valence-corrected chi connectivity index (χ1v) is 5.04. The fraction of sp³-hybridized carbons (Fsp3) is 0.154. The smallest absolute Gasteiger partial charge is 0.307 e. The molecule has 2 aromatic carbocycles. The summed E-state index contributed by atoms with van der Waals surface area (Å²) in [6, 6.07) is 11.2. The number of hydrogen-bond donors (Lipinski definition) is 2. The standard InChI is InChI=1S/C13H12O3/c14-8-11-6-9(7-13(15)16)5-10-3-1-2-4-12(10)11/h1-6,14H,7-8H2,(H,15,16). The molecule has 2 N–H and O–H groups in total. The van der Waals surface area contributed by atoms with Crippen molar-refractivity contribution in [1.29, 1.82) is 0 Å². The first-order valence-electron chi connectivity index (χ1n) is 5.04. The molecule has 0 aliphatic rings. The summed E-state index contributed by atoms with van der Waals surface area (Å²) in [5.74, 6) is -0.862. The van der Waals surface area contributed by atoms with Gasteiger partial charge in [-0.15, -0.1) is 0 Å². The van der Waals surface area contributed by atoms with Crippen LogP contribution in [0.25, 0.3) is 10.8 Å². The van der Waals surface area contributed by atoms with Crippen LogP contribution in [0.1, 0.15) is 11.1 Å². The molecule has 0 fully saturated rings. The third-order valence-corrected chi connectivity index (χ3v) is 2.53. The van der Waals surface area contributed by atoms with E-state index in [0.29, 0.717) is 0 Å². The van der Waals surface area contributed by atoms with Gasteiger partial charge in [0.25, 0.3) is 0 Å². The highest BCUT2D eigenvalue weighted by Crippen LogP contribution is 2.21. The molecule has 0 unspecified atom stereocenters. The fourth-order valence-electron chi connectivity index (χ4n) is 1.87. The molecule has 0 aliphatic heterocycles. The lowest BCUT2D eigenvalue weighted by molar-refractivity contribution is -0.136. The molecule has 0 amide bonds. The minimum atomic E-state index is -0.862. The van der Waals surface area contributed by atoms with E-state index in [0.717, 1.165) is 21.9 Å². The second-order valence-electron chi connectivity index (χ2n) is 3.70. The lowest BCUT2D eigenvalue weighted by Gasteiger charge is -2.07. The average Bonchev–Trinajstić information content (AvgIpc) is 2.27. The van der Waals surface area contributed by atoms with Crippen LogP contribution in [0.2, 0.25) is 0 Å². The molecular weight excluding hydrogens is 204 g/mol. The first-order chi connectivity index (χ1) is 7.70. The molecule has 0 radical (unpaired) electrons. The Morgan fingerprint density at radius 1 is 1.19 bits per heavy atom. The van der Waals surface area contributed by atoms with E-state index in [2.05, 4.69) is 0 Å². The minimum absolute atomic E-state index is 0.0160. The van der Waals surface area contributed by atoms with Crippen molar-refractivity contribution in [2.45, 2.75) is 13.0 Å². The van der Waals surface area contributed by atoms with Gasteiger partial charge in [0.2, 0.25) is 0 Å². The second kappa shape index (κ2) is 4.33. The van der Waals surface area contributed by atoms with Gasteiger partial charge in [-0.05, 0) is 21.9 Å². The van der Waals surface area contributed by atoms with Gasteiger partial charge in [0.05, 0.1) is 13.0 Å². The van der Waals surface area contributed by atoms with Crippen LogP contribution in [-0.2, 0) is 17.8 Å². The summed E-state index contributed by atoms with van der Waals surface area (Å²) in [6.45, 7) is -0.0754. The molecule has 0 atom stereocenters. The Bertz CT molecular complexity index is 532. The number of aliphatic carboxylic acids is 1. The van der Waals surface area contributed by atoms with E-state index in [1.807, 2.05) is 30.3 Å². The molecule has 0 spiro atoms. The molecule has 0 saturated heterocycles. The summed E-state index contributed by atoms with van der Waals surface area (Å²) in [5.41, 5.74) is 1.49. The highest BCUT2D eigenvalue weighted by atomic mass is 16.4. The quantitative estimate of drug-likeness (QED) is 0.824. The van der Waals surface area contributed by atoms with E-state index < -0.39 is 5.97 Å². The highest BCUT2D eigenvalue weighted by Gasteiger charge is 2.05. The van der Waals surface area contributed by atoms with Gasteiger partial charge in [-0.3, -0.25) is 4.79 Å². The van der Waals surface area contributed by atoms with Crippen LogP contribution in [0.15, 0.2) is 36.4 Å². The maximum atomic E-state index is 10.6. The van der Waals surface area contributed by atoms with Crippen LogP contribution in [0.5, 0.6) is 0 Å². The Balaban J connectivity index is 2.58. The number of benzene rings is 2. The van der Waals surface area contributed by atoms with E-state index in [1.54, 1.807) is 6.07 Å². The topological polar surface area (TPSA) is 57.5 Å². The molecule has 0 bridgehead atoms. The second-order valence-corrected chi connectivity index (χ2v) is 3.70. The minimum Gasteiger partial charge on any atom is -0.481 e. The van der Waals surface area contributed by atoms with Crippen molar-refractivity contribution in [3.8, 4) is 0 Å². The van der Waals surface area contributed by atoms with Crippen LogP contribution in [0.3, 0.4) is 0 Å². The van der Waals surface area contributed by atoms with Crippen LogP contribution in [0.4, 0.5) is 0 Å². The zero-order valence-corrected chi connectivity index (χ0v) is 8.68. The molecule has 3 nitrogen and oxygen atoms in total. The number of carbonyl (C=O) groups is 1. The van der Waals surface area contributed by atoms with Gasteiger partial charge in [0, 0.05) is 0 Å². The lowest BCUT2D eigenvalue weighted by atomic mass is 10.00. The van der Waals surface area contributed by atoms with Crippen molar-refractivity contribution in [3.05, 3.63) is 47.5 Å². The van der Waals surface area contributed by atoms with E-state index in [4.69, 9.17) is 5.11 Å². The summed E-state index contributed by atoms with van der Waals surface area (Å²) in [6.07, 6.45) is -0.0160. The normalized spacial score (nSPS) is 10.6. The van der Waals surface area contributed by atoms with Gasteiger partial charge in [-0.1, -0.05) is 36.4 Å². The van der Waals surface area contributed by atoms with Crippen LogP contribution in [0, 0.1) is 0 Å². The zero-order chi connectivity index (χ0) is 11.5. The van der Waals surface area contributed by atoms with Gasteiger partial charge in [-0.2, -0.15) is 0 Å². The van der Waals surface area contributed by atoms with Gasteiger partial charge in [-0.25, -0.2) is 0 Å². The van der Waals surface area contributed by atoms with Crippen molar-refractivity contribution < 1.29 is 15.0 Å². The SMILES string of the molecule is O=C(O)Cc1cc(CO)c2ccccc2c1. The van der Waals surface area contributed by atoms with Crippen LogP contribution < -0.4 is 0 Å². The number of fused-ring (bicyclic) bond motifs is 1. The van der Waals surface area contributed by atoms with Crippen LogP contribution in [-0.4, -0.2) is 16.2 Å². The van der Waals surface area contributed by atoms with E-state index in [9.17, 15) is 9.90 Å². The zero-order valence-electron chi connectivity index (χ0n) is 8.68. The predicted molar refractivity (Wildman–Crippen MR) is 61.2 cm³/mol. The third kappa shape index (κ3) is 2.04. The molecule has 2 aromatic rings. The summed E-state index contributed by atoms with van der Waals surface area (Å²) < 4.78 is 0. The first kappa shape index (κ1) is 10.6. The molecule has 16 heavy (non-hydrogen) atoms. The molecule has 0 aliphatic carbocycles. The largest absolute Gasteiger partial charge is 0.481 e. The number of aliphatic hydroxyl groups is 1. The van der Waals surface area contributed by atoms with Gasteiger partial charge in [0.15, 0.2) is 0 Å². The van der Waals surface area contributed by atoms with E-state index in [1.165, 1.54) is 0 Å². The van der Waals surface area contributed by atoms with Crippen molar-refractivity contribution in [3.63, 3.8) is 0 Å². The molecule has 0 aromatic heterocycles. The Kier molecular flexibility index (Phi) is 2.88. The van der Waals surface area contributed by atoms with Gasteiger partial charge < -0.3 is 10.2 Å². The van der Waals surface area contributed by atoms with Crippen LogP contribution >= 0.6 is 0 Å². The predicted octanol–water partition coefficient (Wildman–Crippen LogP) is 1.96. The number of carboxylic acid groups (broad SMARTS) is 1. The van der Waals surface area contributed by atoms with Gasteiger partial charge in [0.1, 0.15) is 0 Å². The van der Waals surface area contributed by atoms with Crippen molar-refractivity contribution >= 4 is 16.7 Å². The summed E-state index contributed by atoms with van der Waals surface area (Å²) >= 11 is 0. The van der Waals surface area contributed by atoms with Crippen molar-refractivity contribution in [2.24, 2.45) is 0 Å². The third-order valence-electron chi connectivity index (χ3n) is 2.53. The molecule has 3 heteroatoms. The fourth-order valence-corrected chi connectivity index (χ4v) is 1.87. The maximum absolute atomic E-state index is 10.6. The highest BCUT2D eigenvalue weighted by molar-refractivity contribution is 5.87. The van der Waals surface area contributed by atoms with E-state index in [-0.39, 0.29) is 13.0 Å². The lowest BCUT2D eigenvalue weighted by Crippen LogP contribution is -2.01. The summed E-state index contributed by atoms with van der Waals surface area (Å²) in [7, 11) is 0. The number of aliphatic hydroxyl groups excluding tert-OH is 1. The molecule has 82 valence electrons. The molecular formula is C13H12O3. The summed E-state index contributed by atoms with van der Waals surface area (Å²) in [5, 5.41) is 19.9. The number of carboxylic acids is 1. The Morgan fingerprint density at radius 2 is 1.94 bits per heavy atom. The Labute approximate surface area is 93.0 Å². The Hall–Kier alpha value is -1.87. The van der Waals surface area contributed by atoms with Crippen molar-refractivity contribution in [2.75, 3.05) is 0 Å². The summed E-state index contributed by atoms with van der Waals surface area (Å²) in [4.78, 5) is 10.6. The van der Waals surface area contributed by atoms with Crippen molar-refractivity contribution in [1.82, 2.24) is 0 Å². The molecule has 0 saturated carbocycles. The number of rotatable bonds is 3. The Morgan fingerprint density at radius 3 is 2.62 bits per heavy atom. The van der Waals surface area contributed by atoms with Gasteiger partial charge >= 0.3 is 5.97 Å². The average molecular weight is 216 g/mol. The molecule has 0 heterocycles. The molecule has 2 rings (SSSR count). The monoisotopic (exact) mass is 216 g/mol. The van der Waals surface area contributed by atoms with E-state index >= 15 is 0 Å².